The molecule has 11 heteroatoms. The molecule has 0 saturated heterocycles. The van der Waals surface area contributed by atoms with Gasteiger partial charge >= 0.3 is 19.8 Å². The normalized spacial score (nSPS) is 13.7. The topological polar surface area (TPSA) is 149 Å². The summed E-state index contributed by atoms with van der Waals surface area (Å²) in [5.74, 6) is -1.00. The van der Waals surface area contributed by atoms with Crippen LogP contribution in [-0.4, -0.2) is 65.7 Å². The average Bonchev–Trinajstić information content (AvgIpc) is 3.21. The Morgan fingerprint density at radius 3 is 0.810 bits per heavy atom. The van der Waals surface area contributed by atoms with Crippen LogP contribution >= 0.6 is 7.82 Å². The predicted octanol–water partition coefficient (Wildman–Crippen LogP) is 13.4. The fourth-order valence-corrected chi connectivity index (χ4v) is 8.08. The Morgan fingerprint density at radius 2 is 0.603 bits per heavy atom. The lowest BCUT2D eigenvalue weighted by molar-refractivity contribution is -0.153. The van der Waals surface area contributed by atoms with E-state index in [1.807, 2.05) is 0 Å². The minimum Gasteiger partial charge on any atom is -0.457 e. The summed E-state index contributed by atoms with van der Waals surface area (Å²) in [6.07, 6.45) is 42.3. The number of phosphoric acid groups is 1. The van der Waals surface area contributed by atoms with E-state index in [1.165, 1.54) is 173 Å². The van der Waals surface area contributed by atoms with Crippen molar-refractivity contribution in [3.8, 4) is 0 Å². The van der Waals surface area contributed by atoms with Gasteiger partial charge in [0.25, 0.3) is 0 Å². The third-order valence-corrected chi connectivity index (χ3v) is 12.0. The highest BCUT2D eigenvalue weighted by molar-refractivity contribution is 7.47. The molecule has 0 radical (unpaired) electrons. The van der Waals surface area contributed by atoms with Crippen molar-refractivity contribution < 1.29 is 47.8 Å². The fourth-order valence-electron chi connectivity index (χ4n) is 7.29. The number of carbonyl (C=O) groups excluding carboxylic acids is 2. The highest BCUT2D eigenvalue weighted by atomic mass is 31.2. The van der Waals surface area contributed by atoms with E-state index in [0.717, 1.165) is 38.5 Å². The molecule has 0 heterocycles. The Balaban J connectivity index is 3.77. The van der Waals surface area contributed by atoms with Crippen molar-refractivity contribution in [2.45, 2.75) is 264 Å². The van der Waals surface area contributed by atoms with E-state index in [2.05, 4.69) is 13.8 Å². The van der Waals surface area contributed by atoms with E-state index < -0.39 is 58.4 Å². The van der Waals surface area contributed by atoms with Gasteiger partial charge in [-0.05, 0) is 12.8 Å². The molecule has 0 spiro atoms. The number of carbonyl (C=O) groups is 2. The van der Waals surface area contributed by atoms with Crippen molar-refractivity contribution >= 4 is 19.8 Å². The molecular formula is C47H93O10P. The summed E-state index contributed by atoms with van der Waals surface area (Å²) in [5, 5.41) is 19.2. The molecule has 0 amide bonds. The van der Waals surface area contributed by atoms with Gasteiger partial charge in [-0.2, -0.15) is 0 Å². The van der Waals surface area contributed by atoms with Crippen molar-refractivity contribution in [1.82, 2.24) is 0 Å². The second-order valence-corrected chi connectivity index (χ2v) is 18.3. The highest BCUT2D eigenvalue weighted by Gasteiger charge is 2.27. The number of phosphoric ester groups is 1. The molecule has 0 bridgehead atoms. The van der Waals surface area contributed by atoms with Gasteiger partial charge < -0.3 is 24.6 Å². The molecule has 0 aliphatic heterocycles. The Bertz CT molecular complexity index is 935. The molecule has 10 nitrogen and oxygen atoms in total. The summed E-state index contributed by atoms with van der Waals surface area (Å²) in [4.78, 5) is 34.6. The molecule has 58 heavy (non-hydrogen) atoms. The van der Waals surface area contributed by atoms with Gasteiger partial charge in [0.1, 0.15) is 12.2 Å². The molecule has 3 N–H and O–H groups in total. The lowest BCUT2D eigenvalue weighted by atomic mass is 10.0. The van der Waals surface area contributed by atoms with Gasteiger partial charge in [-0.25, -0.2) is 4.57 Å². The summed E-state index contributed by atoms with van der Waals surface area (Å²) < 4.78 is 32.6. The largest absolute Gasteiger partial charge is 0.472 e. The van der Waals surface area contributed by atoms with E-state index in [0.29, 0.717) is 12.8 Å². The van der Waals surface area contributed by atoms with Crippen LogP contribution in [0.3, 0.4) is 0 Å². The summed E-state index contributed by atoms with van der Waals surface area (Å²) in [5.41, 5.74) is 0. The molecule has 0 aromatic heterocycles. The van der Waals surface area contributed by atoms with Crippen LogP contribution in [0.25, 0.3) is 0 Å². The summed E-state index contributed by atoms with van der Waals surface area (Å²) in [6, 6.07) is 0. The Labute approximate surface area is 356 Å². The highest BCUT2D eigenvalue weighted by Crippen LogP contribution is 2.43. The predicted molar refractivity (Wildman–Crippen MR) is 238 cm³/mol. The number of aliphatic hydroxyl groups is 2. The SMILES string of the molecule is CCCCCCCCCCCCCCCCCCCCCCCCCC(=O)OC(CO)COP(=O)(O)OCC(CO)OC(=O)CCCCCCCCCCCCCC. The first-order valence-electron chi connectivity index (χ1n) is 24.5. The molecule has 0 aromatic carbocycles. The molecule has 0 rings (SSSR count). The maximum Gasteiger partial charge on any atom is 0.472 e. The minimum atomic E-state index is -4.63. The number of hydrogen-bond donors (Lipinski definition) is 3. The molecule has 0 aliphatic rings. The zero-order chi connectivity index (χ0) is 42.6. The molecular weight excluding hydrogens is 755 g/mol. The number of aliphatic hydroxyl groups excluding tert-OH is 2. The van der Waals surface area contributed by atoms with Crippen LogP contribution in [0.1, 0.15) is 251 Å². The number of rotatable bonds is 47. The quantitative estimate of drug-likeness (QED) is 0.0307. The Morgan fingerprint density at radius 1 is 0.397 bits per heavy atom. The van der Waals surface area contributed by atoms with Gasteiger partial charge in [-0.3, -0.25) is 18.6 Å². The first kappa shape index (κ1) is 57.0. The van der Waals surface area contributed by atoms with E-state index in [4.69, 9.17) is 18.5 Å². The van der Waals surface area contributed by atoms with E-state index in [9.17, 15) is 29.3 Å². The lowest BCUT2D eigenvalue weighted by Gasteiger charge is -2.20. The van der Waals surface area contributed by atoms with Gasteiger partial charge in [0.2, 0.25) is 0 Å². The second kappa shape index (κ2) is 44.0. The van der Waals surface area contributed by atoms with E-state index >= 15 is 0 Å². The Kier molecular flexibility index (Phi) is 43.3. The zero-order valence-corrected chi connectivity index (χ0v) is 38.7. The van der Waals surface area contributed by atoms with Crippen LogP contribution in [0.15, 0.2) is 0 Å². The molecule has 346 valence electrons. The summed E-state index contributed by atoms with van der Waals surface area (Å²) >= 11 is 0. The molecule has 0 aromatic rings. The number of esters is 2. The van der Waals surface area contributed by atoms with Crippen LogP contribution in [-0.2, 0) is 32.7 Å². The molecule has 3 atom stereocenters. The van der Waals surface area contributed by atoms with Crippen molar-refractivity contribution in [2.24, 2.45) is 0 Å². The van der Waals surface area contributed by atoms with Crippen LogP contribution < -0.4 is 0 Å². The lowest BCUT2D eigenvalue weighted by Crippen LogP contribution is -2.28. The summed E-state index contributed by atoms with van der Waals surface area (Å²) in [7, 11) is -4.63. The minimum absolute atomic E-state index is 0.199. The standard InChI is InChI=1S/C47H93O10P/c1-3-5-7-9-11-13-15-17-18-19-20-21-22-23-24-25-26-27-29-31-33-35-37-39-47(51)57-45(41-49)43-55-58(52,53)54-42-44(40-48)56-46(50)38-36-34-32-30-28-16-14-12-10-8-6-4-2/h44-45,48-49H,3-43H2,1-2H3,(H,52,53). The van der Waals surface area contributed by atoms with Crippen LogP contribution in [0.2, 0.25) is 0 Å². The molecule has 0 saturated carbocycles. The molecule has 0 aliphatic carbocycles. The van der Waals surface area contributed by atoms with Crippen LogP contribution in [0.4, 0.5) is 0 Å². The number of unbranched alkanes of at least 4 members (excludes halogenated alkanes) is 33. The van der Waals surface area contributed by atoms with Crippen molar-refractivity contribution in [3.05, 3.63) is 0 Å². The number of ether oxygens (including phenoxy) is 2. The van der Waals surface area contributed by atoms with Gasteiger partial charge in [0, 0.05) is 12.8 Å². The van der Waals surface area contributed by atoms with Crippen molar-refractivity contribution in [2.75, 3.05) is 26.4 Å². The van der Waals surface area contributed by atoms with E-state index in [1.54, 1.807) is 0 Å². The van der Waals surface area contributed by atoms with Crippen LogP contribution in [0.5, 0.6) is 0 Å². The summed E-state index contributed by atoms with van der Waals surface area (Å²) in [6.45, 7) is 2.26. The first-order valence-corrected chi connectivity index (χ1v) is 26.0. The van der Waals surface area contributed by atoms with Gasteiger partial charge in [0.05, 0.1) is 26.4 Å². The maximum atomic E-state index is 12.4. The Hall–Kier alpha value is -1.03. The third-order valence-electron chi connectivity index (χ3n) is 11.1. The van der Waals surface area contributed by atoms with E-state index in [-0.39, 0.29) is 12.8 Å². The van der Waals surface area contributed by atoms with Gasteiger partial charge in [0.15, 0.2) is 0 Å². The zero-order valence-electron chi connectivity index (χ0n) is 37.8. The molecule has 0 fully saturated rings. The smallest absolute Gasteiger partial charge is 0.457 e. The average molecular weight is 849 g/mol. The van der Waals surface area contributed by atoms with Crippen molar-refractivity contribution in [1.29, 1.82) is 0 Å². The fraction of sp³-hybridized carbons (Fsp3) is 0.957. The third kappa shape index (κ3) is 41.7. The second-order valence-electron chi connectivity index (χ2n) is 16.8. The first-order chi connectivity index (χ1) is 28.3. The maximum absolute atomic E-state index is 12.4. The monoisotopic (exact) mass is 849 g/mol. The van der Waals surface area contributed by atoms with Crippen molar-refractivity contribution in [3.63, 3.8) is 0 Å². The van der Waals surface area contributed by atoms with Gasteiger partial charge in [-0.1, -0.05) is 226 Å². The number of hydrogen-bond acceptors (Lipinski definition) is 9. The van der Waals surface area contributed by atoms with Crippen LogP contribution in [0, 0.1) is 0 Å². The molecule has 3 unspecified atom stereocenters. The van der Waals surface area contributed by atoms with Gasteiger partial charge in [-0.15, -0.1) is 0 Å².